The Labute approximate surface area is 144 Å². The van der Waals surface area contributed by atoms with Gasteiger partial charge >= 0.3 is 0 Å². The molecular formula is C23H22O. The standard InChI is InChI=1S/C23H22O/c1-18(19-9-5-3-6-10-19)17-23(20-11-7-4-8-12-20)21-13-15-22(24-2)16-14-21/h3-17,23H,1-2H3/b18-17+. The minimum absolute atomic E-state index is 0.220. The van der Waals surface area contributed by atoms with E-state index in [1.54, 1.807) is 7.11 Å². The quantitative estimate of drug-likeness (QED) is 0.567. The summed E-state index contributed by atoms with van der Waals surface area (Å²) in [6, 6.07) is 29.5. The number of ether oxygens (including phenoxy) is 1. The molecule has 0 radical (unpaired) electrons. The average molecular weight is 314 g/mol. The summed E-state index contributed by atoms with van der Waals surface area (Å²) in [6.45, 7) is 2.18. The van der Waals surface area contributed by atoms with Crippen LogP contribution in [0.15, 0.2) is 91.0 Å². The highest BCUT2D eigenvalue weighted by Crippen LogP contribution is 2.30. The van der Waals surface area contributed by atoms with Gasteiger partial charge in [0.2, 0.25) is 0 Å². The Kier molecular flexibility index (Phi) is 5.12. The summed E-state index contributed by atoms with van der Waals surface area (Å²) >= 11 is 0. The molecule has 0 bridgehead atoms. The van der Waals surface area contributed by atoms with E-state index < -0.39 is 0 Å². The van der Waals surface area contributed by atoms with Gasteiger partial charge in [-0.1, -0.05) is 78.9 Å². The van der Waals surface area contributed by atoms with Crippen LogP contribution in [0.25, 0.3) is 5.57 Å². The zero-order valence-electron chi connectivity index (χ0n) is 14.1. The van der Waals surface area contributed by atoms with E-state index in [2.05, 4.69) is 85.8 Å². The zero-order chi connectivity index (χ0) is 16.8. The molecule has 0 fully saturated rings. The lowest BCUT2D eigenvalue weighted by Crippen LogP contribution is -1.99. The van der Waals surface area contributed by atoms with Crippen LogP contribution in [0.4, 0.5) is 0 Å². The SMILES string of the molecule is COc1ccc(C(/C=C(\C)c2ccccc2)c2ccccc2)cc1. The van der Waals surface area contributed by atoms with Crippen molar-refractivity contribution in [3.8, 4) is 5.75 Å². The van der Waals surface area contributed by atoms with Gasteiger partial charge in [-0.2, -0.15) is 0 Å². The van der Waals surface area contributed by atoms with Crippen molar-refractivity contribution in [2.75, 3.05) is 7.11 Å². The fourth-order valence-corrected chi connectivity index (χ4v) is 2.90. The van der Waals surface area contributed by atoms with Gasteiger partial charge in [-0.3, -0.25) is 0 Å². The van der Waals surface area contributed by atoms with Crippen LogP contribution in [0.1, 0.15) is 29.5 Å². The molecule has 1 unspecified atom stereocenters. The molecule has 0 N–H and O–H groups in total. The Bertz CT molecular complexity index is 786. The Hall–Kier alpha value is -2.80. The van der Waals surface area contributed by atoms with Gasteiger partial charge in [-0.05, 0) is 41.3 Å². The second-order valence-electron chi connectivity index (χ2n) is 5.88. The van der Waals surface area contributed by atoms with Gasteiger partial charge in [0.05, 0.1) is 7.11 Å². The molecule has 1 nitrogen and oxygen atoms in total. The molecule has 0 aromatic heterocycles. The lowest BCUT2D eigenvalue weighted by molar-refractivity contribution is 0.414. The minimum Gasteiger partial charge on any atom is -0.497 e. The van der Waals surface area contributed by atoms with E-state index in [-0.39, 0.29) is 5.92 Å². The Balaban J connectivity index is 2.02. The largest absolute Gasteiger partial charge is 0.497 e. The number of allylic oxidation sites excluding steroid dienone is 2. The van der Waals surface area contributed by atoms with Crippen LogP contribution in [-0.4, -0.2) is 7.11 Å². The fraction of sp³-hybridized carbons (Fsp3) is 0.130. The van der Waals surface area contributed by atoms with E-state index in [1.165, 1.54) is 22.3 Å². The normalized spacial score (nSPS) is 12.7. The minimum atomic E-state index is 0.220. The van der Waals surface area contributed by atoms with Crippen LogP contribution in [0.3, 0.4) is 0 Å². The summed E-state index contributed by atoms with van der Waals surface area (Å²) in [5, 5.41) is 0. The first-order valence-electron chi connectivity index (χ1n) is 8.20. The van der Waals surface area contributed by atoms with Gasteiger partial charge in [-0.25, -0.2) is 0 Å². The zero-order valence-corrected chi connectivity index (χ0v) is 14.1. The first-order valence-corrected chi connectivity index (χ1v) is 8.20. The van der Waals surface area contributed by atoms with E-state index in [4.69, 9.17) is 4.74 Å². The predicted molar refractivity (Wildman–Crippen MR) is 101 cm³/mol. The smallest absolute Gasteiger partial charge is 0.118 e. The molecule has 24 heavy (non-hydrogen) atoms. The second-order valence-corrected chi connectivity index (χ2v) is 5.88. The highest BCUT2D eigenvalue weighted by molar-refractivity contribution is 5.65. The Morgan fingerprint density at radius 1 is 0.750 bits per heavy atom. The maximum atomic E-state index is 5.29. The topological polar surface area (TPSA) is 9.23 Å². The van der Waals surface area contributed by atoms with Crippen molar-refractivity contribution in [2.24, 2.45) is 0 Å². The van der Waals surface area contributed by atoms with Crippen molar-refractivity contribution >= 4 is 5.57 Å². The molecule has 0 spiro atoms. The molecule has 1 atom stereocenters. The maximum Gasteiger partial charge on any atom is 0.118 e. The maximum absolute atomic E-state index is 5.29. The highest BCUT2D eigenvalue weighted by Gasteiger charge is 2.12. The van der Waals surface area contributed by atoms with Crippen LogP contribution >= 0.6 is 0 Å². The molecular weight excluding hydrogens is 292 g/mol. The van der Waals surface area contributed by atoms with E-state index in [9.17, 15) is 0 Å². The van der Waals surface area contributed by atoms with Crippen LogP contribution in [0.2, 0.25) is 0 Å². The number of methoxy groups -OCH3 is 1. The van der Waals surface area contributed by atoms with E-state index in [0.717, 1.165) is 5.75 Å². The third kappa shape index (κ3) is 3.75. The number of hydrogen-bond acceptors (Lipinski definition) is 1. The van der Waals surface area contributed by atoms with E-state index >= 15 is 0 Å². The van der Waals surface area contributed by atoms with Crippen LogP contribution in [0, 0.1) is 0 Å². The summed E-state index contributed by atoms with van der Waals surface area (Å²) in [7, 11) is 1.70. The van der Waals surface area contributed by atoms with Crippen LogP contribution in [-0.2, 0) is 0 Å². The lowest BCUT2D eigenvalue weighted by atomic mass is 9.88. The molecule has 0 aliphatic rings. The van der Waals surface area contributed by atoms with Gasteiger partial charge in [0.1, 0.15) is 5.75 Å². The first kappa shape index (κ1) is 16.1. The summed E-state index contributed by atoms with van der Waals surface area (Å²) in [5.74, 6) is 1.10. The summed E-state index contributed by atoms with van der Waals surface area (Å²) < 4.78 is 5.29. The molecule has 0 heterocycles. The van der Waals surface area contributed by atoms with Gasteiger partial charge < -0.3 is 4.74 Å². The molecule has 3 aromatic carbocycles. The molecule has 1 heteroatoms. The third-order valence-electron chi connectivity index (χ3n) is 4.28. The highest BCUT2D eigenvalue weighted by atomic mass is 16.5. The summed E-state index contributed by atoms with van der Waals surface area (Å²) in [5.41, 5.74) is 5.09. The molecule has 0 saturated carbocycles. The average Bonchev–Trinajstić information content (AvgIpc) is 2.67. The van der Waals surface area contributed by atoms with Crippen molar-refractivity contribution in [1.82, 2.24) is 0 Å². The molecule has 3 aromatic rings. The second kappa shape index (κ2) is 7.65. The third-order valence-corrected chi connectivity index (χ3v) is 4.28. The number of hydrogen-bond donors (Lipinski definition) is 0. The van der Waals surface area contributed by atoms with Crippen molar-refractivity contribution < 1.29 is 4.74 Å². The van der Waals surface area contributed by atoms with Gasteiger partial charge in [-0.15, -0.1) is 0 Å². The van der Waals surface area contributed by atoms with Crippen molar-refractivity contribution in [3.63, 3.8) is 0 Å². The van der Waals surface area contributed by atoms with Crippen molar-refractivity contribution in [2.45, 2.75) is 12.8 Å². The summed E-state index contributed by atoms with van der Waals surface area (Å²) in [6.07, 6.45) is 2.34. The van der Waals surface area contributed by atoms with Crippen molar-refractivity contribution in [1.29, 1.82) is 0 Å². The van der Waals surface area contributed by atoms with Gasteiger partial charge in [0.15, 0.2) is 0 Å². The molecule has 0 amide bonds. The Morgan fingerprint density at radius 2 is 1.29 bits per heavy atom. The van der Waals surface area contributed by atoms with Crippen LogP contribution < -0.4 is 4.74 Å². The molecule has 120 valence electrons. The number of benzene rings is 3. The monoisotopic (exact) mass is 314 g/mol. The van der Waals surface area contributed by atoms with Gasteiger partial charge in [0, 0.05) is 5.92 Å². The molecule has 0 aliphatic heterocycles. The summed E-state index contributed by atoms with van der Waals surface area (Å²) in [4.78, 5) is 0. The lowest BCUT2D eigenvalue weighted by Gasteiger charge is -2.16. The van der Waals surface area contributed by atoms with E-state index in [0.29, 0.717) is 0 Å². The molecule has 3 rings (SSSR count). The Morgan fingerprint density at radius 3 is 1.88 bits per heavy atom. The first-order chi connectivity index (χ1) is 11.8. The molecule has 0 saturated heterocycles. The van der Waals surface area contributed by atoms with Crippen LogP contribution in [0.5, 0.6) is 5.75 Å². The predicted octanol–water partition coefficient (Wildman–Crippen LogP) is 5.93. The fourth-order valence-electron chi connectivity index (χ4n) is 2.90. The van der Waals surface area contributed by atoms with Gasteiger partial charge in [0.25, 0.3) is 0 Å². The van der Waals surface area contributed by atoms with Crippen molar-refractivity contribution in [3.05, 3.63) is 108 Å². The molecule has 0 aliphatic carbocycles. The van der Waals surface area contributed by atoms with E-state index in [1.807, 2.05) is 12.1 Å². The number of rotatable bonds is 5.